The Hall–Kier alpha value is -1.20. The predicted molar refractivity (Wildman–Crippen MR) is 63.8 cm³/mol. The highest BCUT2D eigenvalue weighted by molar-refractivity contribution is 8.00. The highest BCUT2D eigenvalue weighted by Crippen LogP contribution is 2.20. The molecule has 0 aliphatic rings. The van der Waals surface area contributed by atoms with E-state index in [1.54, 1.807) is 7.11 Å². The first-order chi connectivity index (χ1) is 7.76. The highest BCUT2D eigenvalue weighted by atomic mass is 32.2. The van der Waals surface area contributed by atoms with Gasteiger partial charge in [-0.15, -0.1) is 11.8 Å². The number of aliphatic hydroxyl groups excluding tert-OH is 1. The van der Waals surface area contributed by atoms with Gasteiger partial charge in [-0.25, -0.2) is 0 Å². The maximum absolute atomic E-state index is 11.2. The van der Waals surface area contributed by atoms with Crippen LogP contribution >= 0.6 is 11.8 Å². The van der Waals surface area contributed by atoms with Gasteiger partial charge in [-0.2, -0.15) is 0 Å². The summed E-state index contributed by atoms with van der Waals surface area (Å²) in [7, 11) is 1.62. The quantitative estimate of drug-likeness (QED) is 0.726. The van der Waals surface area contributed by atoms with Gasteiger partial charge in [0, 0.05) is 11.4 Å². The number of amides is 1. The number of aliphatic hydroxyl groups is 1. The molecule has 1 rings (SSSR count). The fourth-order valence-electron chi connectivity index (χ4n) is 1.07. The Labute approximate surface area is 99.0 Å². The van der Waals surface area contributed by atoms with Crippen molar-refractivity contribution in [2.75, 3.05) is 26.0 Å². The second kappa shape index (κ2) is 7.14. The van der Waals surface area contributed by atoms with Gasteiger partial charge in [-0.1, -0.05) is 0 Å². The van der Waals surface area contributed by atoms with Crippen molar-refractivity contribution in [2.24, 2.45) is 0 Å². The normalized spacial score (nSPS) is 9.88. The molecular weight excluding hydrogens is 226 g/mol. The second-order valence-corrected chi connectivity index (χ2v) is 4.09. The number of nitrogens with one attached hydrogen (secondary N) is 1. The lowest BCUT2D eigenvalue weighted by Crippen LogP contribution is -2.27. The Bertz CT molecular complexity index is 327. The van der Waals surface area contributed by atoms with Crippen LogP contribution in [0.5, 0.6) is 5.75 Å². The molecule has 0 fully saturated rings. The number of carbonyl (C=O) groups excluding carboxylic acids is 1. The summed E-state index contributed by atoms with van der Waals surface area (Å²) >= 11 is 1.45. The van der Waals surface area contributed by atoms with Crippen LogP contribution in [0.4, 0.5) is 0 Å². The fourth-order valence-corrected chi connectivity index (χ4v) is 1.80. The van der Waals surface area contributed by atoms with Crippen LogP contribution in [-0.4, -0.2) is 37.0 Å². The zero-order valence-electron chi connectivity index (χ0n) is 9.10. The third-order valence-corrected chi connectivity index (χ3v) is 2.88. The van der Waals surface area contributed by atoms with Gasteiger partial charge in [-0.3, -0.25) is 4.79 Å². The van der Waals surface area contributed by atoms with Gasteiger partial charge in [0.1, 0.15) is 5.75 Å². The summed E-state index contributed by atoms with van der Waals surface area (Å²) in [6, 6.07) is 7.52. The summed E-state index contributed by atoms with van der Waals surface area (Å²) in [5.74, 6) is 1.08. The molecule has 0 saturated heterocycles. The average Bonchev–Trinajstić information content (AvgIpc) is 2.34. The molecule has 88 valence electrons. The van der Waals surface area contributed by atoms with Gasteiger partial charge in [0.05, 0.1) is 19.5 Å². The number of hydrogen-bond donors (Lipinski definition) is 2. The first-order valence-corrected chi connectivity index (χ1v) is 5.89. The molecule has 4 nitrogen and oxygen atoms in total. The smallest absolute Gasteiger partial charge is 0.230 e. The van der Waals surface area contributed by atoms with Crippen molar-refractivity contribution in [3.8, 4) is 5.75 Å². The fraction of sp³-hybridized carbons (Fsp3) is 0.364. The van der Waals surface area contributed by atoms with E-state index < -0.39 is 0 Å². The van der Waals surface area contributed by atoms with Gasteiger partial charge in [0.15, 0.2) is 0 Å². The average molecular weight is 241 g/mol. The molecule has 0 saturated carbocycles. The third-order valence-electron chi connectivity index (χ3n) is 1.86. The molecule has 0 bridgehead atoms. The summed E-state index contributed by atoms with van der Waals surface area (Å²) in [6.07, 6.45) is 0. The van der Waals surface area contributed by atoms with Crippen LogP contribution in [-0.2, 0) is 4.79 Å². The molecule has 0 spiro atoms. The Kier molecular flexibility index (Phi) is 5.74. The molecule has 5 heteroatoms. The van der Waals surface area contributed by atoms with E-state index in [2.05, 4.69) is 5.32 Å². The Morgan fingerprint density at radius 2 is 2.12 bits per heavy atom. The monoisotopic (exact) mass is 241 g/mol. The Morgan fingerprint density at radius 1 is 1.44 bits per heavy atom. The molecule has 0 radical (unpaired) electrons. The number of carbonyl (C=O) groups is 1. The van der Waals surface area contributed by atoms with Crippen LogP contribution in [0.25, 0.3) is 0 Å². The van der Waals surface area contributed by atoms with Crippen molar-refractivity contribution in [3.63, 3.8) is 0 Å². The minimum absolute atomic E-state index is 0.0288. The van der Waals surface area contributed by atoms with Gasteiger partial charge in [0.25, 0.3) is 0 Å². The van der Waals surface area contributed by atoms with Crippen molar-refractivity contribution >= 4 is 17.7 Å². The molecule has 16 heavy (non-hydrogen) atoms. The van der Waals surface area contributed by atoms with Crippen molar-refractivity contribution in [3.05, 3.63) is 24.3 Å². The van der Waals surface area contributed by atoms with Crippen LogP contribution in [0, 0.1) is 0 Å². The standard InChI is InChI=1S/C11H15NO3S/c1-15-9-2-4-10(5-3-9)16-8-11(14)12-6-7-13/h2-5,13H,6-8H2,1H3,(H,12,14). The van der Waals surface area contributed by atoms with E-state index in [0.29, 0.717) is 12.3 Å². The Balaban J connectivity index is 2.33. The summed E-state index contributed by atoms with van der Waals surface area (Å²) in [5.41, 5.74) is 0. The second-order valence-electron chi connectivity index (χ2n) is 3.04. The van der Waals surface area contributed by atoms with Crippen LogP contribution in [0.15, 0.2) is 29.2 Å². The van der Waals surface area contributed by atoms with Crippen molar-refractivity contribution in [2.45, 2.75) is 4.90 Å². The van der Waals surface area contributed by atoms with E-state index in [4.69, 9.17) is 9.84 Å². The zero-order chi connectivity index (χ0) is 11.8. The SMILES string of the molecule is COc1ccc(SCC(=O)NCCO)cc1. The minimum atomic E-state index is -0.0742. The molecule has 0 aromatic heterocycles. The van der Waals surface area contributed by atoms with Gasteiger partial charge in [0.2, 0.25) is 5.91 Å². The molecule has 1 aromatic carbocycles. The van der Waals surface area contributed by atoms with Crippen molar-refractivity contribution in [1.82, 2.24) is 5.32 Å². The first-order valence-electron chi connectivity index (χ1n) is 4.90. The third kappa shape index (κ3) is 4.55. The largest absolute Gasteiger partial charge is 0.497 e. The van der Waals surface area contributed by atoms with Crippen molar-refractivity contribution in [1.29, 1.82) is 0 Å². The van der Waals surface area contributed by atoms with E-state index >= 15 is 0 Å². The van der Waals surface area contributed by atoms with Crippen LogP contribution in [0.1, 0.15) is 0 Å². The first kappa shape index (κ1) is 12.9. The lowest BCUT2D eigenvalue weighted by atomic mass is 10.3. The van der Waals surface area contributed by atoms with Crippen LogP contribution in [0.3, 0.4) is 0 Å². The molecule has 1 aromatic rings. The lowest BCUT2D eigenvalue weighted by Gasteiger charge is -2.04. The number of rotatable bonds is 6. The number of benzene rings is 1. The van der Waals surface area contributed by atoms with E-state index in [-0.39, 0.29) is 12.5 Å². The highest BCUT2D eigenvalue weighted by Gasteiger charge is 2.01. The molecule has 0 aliphatic heterocycles. The summed E-state index contributed by atoms with van der Waals surface area (Å²) in [6.45, 7) is 0.279. The summed E-state index contributed by atoms with van der Waals surface area (Å²) in [4.78, 5) is 12.2. The van der Waals surface area contributed by atoms with Gasteiger partial charge in [-0.05, 0) is 24.3 Å². The predicted octanol–water partition coefficient (Wildman–Crippen LogP) is 0.896. The van der Waals surface area contributed by atoms with E-state index in [0.717, 1.165) is 10.6 Å². The summed E-state index contributed by atoms with van der Waals surface area (Å²) < 4.78 is 5.03. The Morgan fingerprint density at radius 3 is 2.69 bits per heavy atom. The topological polar surface area (TPSA) is 58.6 Å². The number of hydrogen-bond acceptors (Lipinski definition) is 4. The van der Waals surface area contributed by atoms with Crippen LogP contribution in [0.2, 0.25) is 0 Å². The van der Waals surface area contributed by atoms with E-state index in [1.807, 2.05) is 24.3 Å². The molecule has 1 amide bonds. The van der Waals surface area contributed by atoms with Gasteiger partial charge >= 0.3 is 0 Å². The molecule has 2 N–H and O–H groups in total. The maximum Gasteiger partial charge on any atom is 0.230 e. The lowest BCUT2D eigenvalue weighted by molar-refractivity contribution is -0.118. The van der Waals surface area contributed by atoms with E-state index in [9.17, 15) is 4.79 Å². The number of methoxy groups -OCH3 is 1. The van der Waals surface area contributed by atoms with Crippen LogP contribution < -0.4 is 10.1 Å². The summed E-state index contributed by atoms with van der Waals surface area (Å²) in [5, 5.41) is 11.1. The molecular formula is C11H15NO3S. The van der Waals surface area contributed by atoms with Crippen molar-refractivity contribution < 1.29 is 14.6 Å². The molecule has 0 heterocycles. The molecule has 0 unspecified atom stereocenters. The van der Waals surface area contributed by atoms with Gasteiger partial charge < -0.3 is 15.2 Å². The zero-order valence-corrected chi connectivity index (χ0v) is 9.92. The molecule has 0 aliphatic carbocycles. The number of ether oxygens (including phenoxy) is 1. The van der Waals surface area contributed by atoms with E-state index in [1.165, 1.54) is 11.8 Å². The minimum Gasteiger partial charge on any atom is -0.497 e. The molecule has 0 atom stereocenters. The maximum atomic E-state index is 11.2. The number of thioether (sulfide) groups is 1.